The average molecular weight is 416 g/mol. The number of hydrogen-bond donors (Lipinski definition) is 3. The van der Waals surface area contributed by atoms with E-state index >= 15 is 0 Å². The third kappa shape index (κ3) is 3.49. The van der Waals surface area contributed by atoms with Crippen molar-refractivity contribution in [2.45, 2.75) is 6.10 Å². The number of halogens is 1. The van der Waals surface area contributed by atoms with Crippen LogP contribution in [-0.2, 0) is 7.05 Å². The zero-order valence-electron chi connectivity index (χ0n) is 16.4. The highest BCUT2D eigenvalue weighted by molar-refractivity contribution is 5.90. The maximum atomic E-state index is 13.6. The van der Waals surface area contributed by atoms with Crippen molar-refractivity contribution >= 4 is 17.1 Å². The van der Waals surface area contributed by atoms with Crippen LogP contribution in [-0.4, -0.2) is 39.8 Å². The quantitative estimate of drug-likeness (QED) is 0.410. The Morgan fingerprint density at radius 1 is 1.13 bits per heavy atom. The topological polar surface area (TPSA) is 131 Å². The van der Waals surface area contributed by atoms with Crippen LogP contribution in [0.3, 0.4) is 0 Å². The fourth-order valence-corrected chi connectivity index (χ4v) is 3.39. The van der Waals surface area contributed by atoms with Crippen LogP contribution in [0, 0.1) is 5.82 Å². The fraction of sp³-hybridized carbons (Fsp3) is 0.0952. The molecule has 0 radical (unpaired) electrons. The summed E-state index contributed by atoms with van der Waals surface area (Å²) in [7, 11) is 1.83. The van der Waals surface area contributed by atoms with Gasteiger partial charge in [-0.05, 0) is 23.8 Å². The van der Waals surface area contributed by atoms with Gasteiger partial charge in [0, 0.05) is 30.6 Å². The second kappa shape index (κ2) is 7.26. The Morgan fingerprint density at radius 3 is 2.77 bits per heavy atom. The number of nitrogen functional groups attached to an aromatic ring is 1. The lowest BCUT2D eigenvalue weighted by Crippen LogP contribution is -2.07. The van der Waals surface area contributed by atoms with Gasteiger partial charge in [-0.25, -0.2) is 24.3 Å². The molecular weight excluding hydrogens is 399 g/mol. The van der Waals surface area contributed by atoms with Gasteiger partial charge in [0.2, 0.25) is 5.95 Å². The standard InChI is InChI=1S/C21H17FN8O/c1-30-10-12(7-26-30)17-9-25-20-18(27-17)14(8-24-20)15-6-16(29-21(23)28-15)19(31)11-3-2-4-13(22)5-11/h2-10,19,31H,1H3,(H,24,25)(H2,23,28,29). The monoisotopic (exact) mass is 416 g/mol. The first-order valence-electron chi connectivity index (χ1n) is 9.39. The minimum atomic E-state index is -1.16. The molecule has 1 aromatic carbocycles. The smallest absolute Gasteiger partial charge is 0.220 e. The number of rotatable bonds is 4. The molecule has 5 aromatic rings. The van der Waals surface area contributed by atoms with E-state index in [4.69, 9.17) is 10.7 Å². The van der Waals surface area contributed by atoms with Gasteiger partial charge in [-0.2, -0.15) is 5.10 Å². The third-order valence-corrected chi connectivity index (χ3v) is 4.87. The Hall–Kier alpha value is -4.18. The highest BCUT2D eigenvalue weighted by Crippen LogP contribution is 2.30. The van der Waals surface area contributed by atoms with E-state index < -0.39 is 11.9 Å². The fourth-order valence-electron chi connectivity index (χ4n) is 3.39. The summed E-state index contributed by atoms with van der Waals surface area (Å²) in [5, 5.41) is 14.9. The lowest BCUT2D eigenvalue weighted by atomic mass is 10.0. The van der Waals surface area contributed by atoms with Gasteiger partial charge in [-0.3, -0.25) is 4.68 Å². The molecule has 4 aromatic heterocycles. The number of anilines is 1. The molecule has 0 amide bonds. The van der Waals surface area contributed by atoms with Gasteiger partial charge in [0.15, 0.2) is 5.65 Å². The molecule has 31 heavy (non-hydrogen) atoms. The molecule has 0 saturated carbocycles. The summed E-state index contributed by atoms with van der Waals surface area (Å²) in [6.45, 7) is 0. The second-order valence-electron chi connectivity index (χ2n) is 7.05. The minimum absolute atomic E-state index is 0.0197. The molecule has 4 N–H and O–H groups in total. The van der Waals surface area contributed by atoms with Crippen molar-refractivity contribution in [2.75, 3.05) is 5.73 Å². The Balaban J connectivity index is 1.60. The molecule has 0 aliphatic carbocycles. The SMILES string of the molecule is Cn1cc(-c2cnc3[nH]cc(-c4cc(C(O)c5cccc(F)c5)nc(N)n4)c3n2)cn1. The number of nitrogens with one attached hydrogen (secondary N) is 1. The Labute approximate surface area is 175 Å². The number of aromatic nitrogens is 7. The zero-order valence-corrected chi connectivity index (χ0v) is 16.4. The van der Waals surface area contributed by atoms with Crippen LogP contribution in [0.1, 0.15) is 17.4 Å². The Kier molecular flexibility index (Phi) is 4.41. The first-order valence-corrected chi connectivity index (χ1v) is 9.39. The number of aromatic amines is 1. The number of aryl methyl sites for hydroxylation is 1. The number of aliphatic hydroxyl groups excluding tert-OH is 1. The van der Waals surface area contributed by atoms with Crippen LogP contribution in [0.25, 0.3) is 33.7 Å². The molecule has 1 unspecified atom stereocenters. The maximum Gasteiger partial charge on any atom is 0.220 e. The van der Waals surface area contributed by atoms with Crippen molar-refractivity contribution in [1.82, 2.24) is 34.7 Å². The molecule has 5 rings (SSSR count). The predicted octanol–water partition coefficient (Wildman–Crippen LogP) is 2.62. The van der Waals surface area contributed by atoms with E-state index in [1.54, 1.807) is 35.4 Å². The van der Waals surface area contributed by atoms with Crippen molar-refractivity contribution in [3.8, 4) is 22.5 Å². The van der Waals surface area contributed by atoms with Gasteiger partial charge < -0.3 is 15.8 Å². The second-order valence-corrected chi connectivity index (χ2v) is 7.05. The molecule has 9 nitrogen and oxygen atoms in total. The van der Waals surface area contributed by atoms with Crippen LogP contribution in [0.4, 0.5) is 10.3 Å². The highest BCUT2D eigenvalue weighted by Gasteiger charge is 2.18. The minimum Gasteiger partial charge on any atom is -0.382 e. The molecule has 154 valence electrons. The number of fused-ring (bicyclic) bond motifs is 1. The summed E-state index contributed by atoms with van der Waals surface area (Å²) in [6.07, 6.45) is 5.77. The molecule has 1 atom stereocenters. The number of hydrogen-bond acceptors (Lipinski definition) is 7. The predicted molar refractivity (Wildman–Crippen MR) is 112 cm³/mol. The van der Waals surface area contributed by atoms with E-state index in [2.05, 4.69) is 25.0 Å². The van der Waals surface area contributed by atoms with Crippen LogP contribution in [0.2, 0.25) is 0 Å². The van der Waals surface area contributed by atoms with Crippen LogP contribution < -0.4 is 5.73 Å². The number of nitrogens with two attached hydrogens (primary N) is 1. The largest absolute Gasteiger partial charge is 0.382 e. The van der Waals surface area contributed by atoms with E-state index in [1.165, 1.54) is 18.2 Å². The lowest BCUT2D eigenvalue weighted by Gasteiger charge is -2.12. The van der Waals surface area contributed by atoms with Crippen molar-refractivity contribution in [3.05, 3.63) is 72.2 Å². The van der Waals surface area contributed by atoms with Crippen molar-refractivity contribution < 1.29 is 9.50 Å². The number of aliphatic hydroxyl groups is 1. The molecule has 0 fully saturated rings. The normalized spacial score (nSPS) is 12.4. The van der Waals surface area contributed by atoms with Gasteiger partial charge in [0.1, 0.15) is 17.4 Å². The van der Waals surface area contributed by atoms with E-state index in [0.717, 1.165) is 5.56 Å². The molecule has 0 saturated heterocycles. The van der Waals surface area contributed by atoms with Gasteiger partial charge in [-0.1, -0.05) is 12.1 Å². The van der Waals surface area contributed by atoms with Gasteiger partial charge >= 0.3 is 0 Å². The molecular formula is C21H17FN8O. The number of H-pyrrole nitrogens is 1. The highest BCUT2D eigenvalue weighted by atomic mass is 19.1. The number of benzene rings is 1. The zero-order chi connectivity index (χ0) is 21.5. The van der Waals surface area contributed by atoms with E-state index in [1.807, 2.05) is 13.2 Å². The van der Waals surface area contributed by atoms with Gasteiger partial charge in [0.05, 0.1) is 29.5 Å². The molecule has 10 heteroatoms. The summed E-state index contributed by atoms with van der Waals surface area (Å²) in [5.74, 6) is -0.470. The molecule has 0 aliphatic rings. The summed E-state index contributed by atoms with van der Waals surface area (Å²) >= 11 is 0. The summed E-state index contributed by atoms with van der Waals surface area (Å²) in [6, 6.07) is 7.30. The van der Waals surface area contributed by atoms with Crippen LogP contribution in [0.5, 0.6) is 0 Å². The maximum absolute atomic E-state index is 13.6. The van der Waals surface area contributed by atoms with E-state index in [0.29, 0.717) is 33.7 Å². The Bertz CT molecular complexity index is 1410. The molecule has 4 heterocycles. The first-order chi connectivity index (χ1) is 15.0. The summed E-state index contributed by atoms with van der Waals surface area (Å²) in [5.41, 5.74) is 10.3. The molecule has 0 aliphatic heterocycles. The van der Waals surface area contributed by atoms with Crippen molar-refractivity contribution in [3.63, 3.8) is 0 Å². The van der Waals surface area contributed by atoms with Gasteiger partial charge in [-0.15, -0.1) is 0 Å². The third-order valence-electron chi connectivity index (χ3n) is 4.87. The van der Waals surface area contributed by atoms with Crippen molar-refractivity contribution in [1.29, 1.82) is 0 Å². The number of nitrogens with zero attached hydrogens (tertiary/aromatic N) is 6. The Morgan fingerprint density at radius 2 is 2.00 bits per heavy atom. The first kappa shape index (κ1) is 18.8. The van der Waals surface area contributed by atoms with Crippen molar-refractivity contribution in [2.24, 2.45) is 7.05 Å². The average Bonchev–Trinajstić information content (AvgIpc) is 3.38. The van der Waals surface area contributed by atoms with Gasteiger partial charge in [0.25, 0.3) is 0 Å². The van der Waals surface area contributed by atoms with E-state index in [-0.39, 0.29) is 11.6 Å². The van der Waals surface area contributed by atoms with Crippen LogP contribution in [0.15, 0.2) is 55.1 Å². The molecule has 0 spiro atoms. The lowest BCUT2D eigenvalue weighted by molar-refractivity contribution is 0.215. The van der Waals surface area contributed by atoms with Crippen LogP contribution >= 0.6 is 0 Å². The molecule has 0 bridgehead atoms. The van der Waals surface area contributed by atoms with E-state index in [9.17, 15) is 9.50 Å². The summed E-state index contributed by atoms with van der Waals surface area (Å²) < 4.78 is 15.3. The summed E-state index contributed by atoms with van der Waals surface area (Å²) in [4.78, 5) is 20.6.